The highest BCUT2D eigenvalue weighted by Crippen LogP contribution is 2.29. The average molecular weight is 334 g/mol. The van der Waals surface area contributed by atoms with Gasteiger partial charge in [0.2, 0.25) is 0 Å². The van der Waals surface area contributed by atoms with E-state index in [0.29, 0.717) is 0 Å². The molecule has 1 aromatic carbocycles. The maximum atomic E-state index is 11.8. The van der Waals surface area contributed by atoms with E-state index >= 15 is 0 Å². The predicted molar refractivity (Wildman–Crippen MR) is 94.5 cm³/mol. The molecule has 0 saturated heterocycles. The molecule has 3 aromatic rings. The van der Waals surface area contributed by atoms with E-state index in [1.54, 1.807) is 22.1 Å². The van der Waals surface area contributed by atoms with E-state index in [9.17, 15) is 10.1 Å². The summed E-state index contributed by atoms with van der Waals surface area (Å²) in [6.45, 7) is 0. The Bertz CT molecular complexity index is 918. The van der Waals surface area contributed by atoms with Gasteiger partial charge in [-0.1, -0.05) is 24.3 Å². The predicted octanol–water partition coefficient (Wildman–Crippen LogP) is 3.25. The van der Waals surface area contributed by atoms with Crippen molar-refractivity contribution in [2.75, 3.05) is 7.05 Å². The normalized spacial score (nSPS) is 11.1. The number of para-hydroxylation sites is 1. The Labute approximate surface area is 143 Å². The standard InChI is InChI=1S/C18H14N4OS/c1-20-18(23)13(11-19)10-14-12-22(15-6-3-2-4-7-15)21-17(14)16-8-5-9-24-16/h2-10,12H,1H3,(H,20,23)/b13-10+. The van der Waals surface area contributed by atoms with Crippen LogP contribution in [0.25, 0.3) is 22.3 Å². The molecule has 0 aliphatic rings. The number of nitrogens with one attached hydrogen (secondary N) is 1. The molecule has 24 heavy (non-hydrogen) atoms. The quantitative estimate of drug-likeness (QED) is 0.588. The van der Waals surface area contributed by atoms with Crippen molar-refractivity contribution in [2.24, 2.45) is 0 Å². The highest BCUT2D eigenvalue weighted by Gasteiger charge is 2.14. The van der Waals surface area contributed by atoms with Gasteiger partial charge in [-0.3, -0.25) is 4.79 Å². The van der Waals surface area contributed by atoms with Crippen LogP contribution in [0.2, 0.25) is 0 Å². The molecule has 0 saturated carbocycles. The van der Waals surface area contributed by atoms with Gasteiger partial charge in [0.15, 0.2) is 0 Å². The number of carbonyl (C=O) groups is 1. The monoisotopic (exact) mass is 334 g/mol. The third kappa shape index (κ3) is 3.12. The Morgan fingerprint density at radius 2 is 2.08 bits per heavy atom. The number of nitrogens with zero attached hydrogens (tertiary/aromatic N) is 3. The third-order valence-electron chi connectivity index (χ3n) is 3.41. The van der Waals surface area contributed by atoms with E-state index in [0.717, 1.165) is 21.8 Å². The number of hydrogen-bond donors (Lipinski definition) is 1. The van der Waals surface area contributed by atoms with Crippen LogP contribution in [0, 0.1) is 11.3 Å². The lowest BCUT2D eigenvalue weighted by atomic mass is 10.1. The van der Waals surface area contributed by atoms with Crippen molar-refractivity contribution < 1.29 is 4.79 Å². The molecule has 0 fully saturated rings. The number of amides is 1. The first kappa shape index (κ1) is 15.7. The molecule has 2 heterocycles. The van der Waals surface area contributed by atoms with Gasteiger partial charge in [0.25, 0.3) is 5.91 Å². The SMILES string of the molecule is CNC(=O)/C(C#N)=C/c1cn(-c2ccccc2)nc1-c1cccs1. The Kier molecular flexibility index (Phi) is 4.54. The van der Waals surface area contributed by atoms with E-state index < -0.39 is 5.91 Å². The molecule has 1 N–H and O–H groups in total. The van der Waals surface area contributed by atoms with E-state index in [2.05, 4.69) is 10.4 Å². The van der Waals surface area contributed by atoms with Crippen LogP contribution in [0.4, 0.5) is 0 Å². The van der Waals surface area contributed by atoms with Crippen molar-refractivity contribution in [2.45, 2.75) is 0 Å². The highest BCUT2D eigenvalue weighted by atomic mass is 32.1. The molecule has 6 heteroatoms. The molecular weight excluding hydrogens is 320 g/mol. The highest BCUT2D eigenvalue weighted by molar-refractivity contribution is 7.13. The van der Waals surface area contributed by atoms with Crippen molar-refractivity contribution in [3.8, 4) is 22.3 Å². The number of likely N-dealkylation sites (N-methyl/N-ethyl adjacent to an activating group) is 1. The molecule has 2 aromatic heterocycles. The molecule has 118 valence electrons. The van der Waals surface area contributed by atoms with E-state index in [-0.39, 0.29) is 5.57 Å². The van der Waals surface area contributed by atoms with Crippen LogP contribution in [-0.2, 0) is 4.79 Å². The van der Waals surface area contributed by atoms with Crippen LogP contribution < -0.4 is 5.32 Å². The van der Waals surface area contributed by atoms with Crippen LogP contribution >= 0.6 is 11.3 Å². The van der Waals surface area contributed by atoms with Crippen molar-refractivity contribution in [1.29, 1.82) is 5.26 Å². The summed E-state index contributed by atoms with van der Waals surface area (Å²) in [5.74, 6) is -0.415. The maximum absolute atomic E-state index is 11.8. The number of carbonyl (C=O) groups excluding carboxylic acids is 1. The lowest BCUT2D eigenvalue weighted by molar-refractivity contribution is -0.116. The lowest BCUT2D eigenvalue weighted by Crippen LogP contribution is -2.19. The van der Waals surface area contributed by atoms with Crippen molar-refractivity contribution >= 4 is 23.3 Å². The minimum absolute atomic E-state index is 0.0444. The first-order valence-electron chi connectivity index (χ1n) is 7.26. The summed E-state index contributed by atoms with van der Waals surface area (Å²) in [6, 6.07) is 15.5. The third-order valence-corrected chi connectivity index (χ3v) is 4.29. The fourth-order valence-corrected chi connectivity index (χ4v) is 2.98. The van der Waals surface area contributed by atoms with Gasteiger partial charge in [-0.2, -0.15) is 10.4 Å². The number of thiophene rings is 1. The average Bonchev–Trinajstić information content (AvgIpc) is 3.29. The molecule has 3 rings (SSSR count). The first-order chi connectivity index (χ1) is 11.7. The van der Waals surface area contributed by atoms with E-state index in [1.165, 1.54) is 7.05 Å². The van der Waals surface area contributed by atoms with Gasteiger partial charge in [0.1, 0.15) is 17.3 Å². The lowest BCUT2D eigenvalue weighted by Gasteiger charge is -1.99. The summed E-state index contributed by atoms with van der Waals surface area (Å²) >= 11 is 1.56. The van der Waals surface area contributed by atoms with Crippen LogP contribution in [0.1, 0.15) is 5.56 Å². The first-order valence-corrected chi connectivity index (χ1v) is 8.13. The second-order valence-electron chi connectivity index (χ2n) is 4.94. The van der Waals surface area contributed by atoms with Gasteiger partial charge < -0.3 is 5.32 Å². The molecule has 0 aliphatic carbocycles. The summed E-state index contributed by atoms with van der Waals surface area (Å²) in [5, 5.41) is 18.3. The fraction of sp³-hybridized carbons (Fsp3) is 0.0556. The molecule has 0 unspecified atom stereocenters. The van der Waals surface area contributed by atoms with Gasteiger partial charge in [-0.05, 0) is 29.7 Å². The summed E-state index contributed by atoms with van der Waals surface area (Å²) < 4.78 is 1.75. The van der Waals surface area contributed by atoms with Gasteiger partial charge in [0.05, 0.1) is 10.6 Å². The van der Waals surface area contributed by atoms with Crippen molar-refractivity contribution in [3.05, 3.63) is 65.2 Å². The Morgan fingerprint density at radius 3 is 2.71 bits per heavy atom. The summed E-state index contributed by atoms with van der Waals surface area (Å²) in [4.78, 5) is 12.8. The topological polar surface area (TPSA) is 70.7 Å². The largest absolute Gasteiger partial charge is 0.354 e. The van der Waals surface area contributed by atoms with Crippen LogP contribution in [0.3, 0.4) is 0 Å². The second-order valence-corrected chi connectivity index (χ2v) is 5.89. The van der Waals surface area contributed by atoms with E-state index in [1.807, 2.05) is 60.1 Å². The zero-order chi connectivity index (χ0) is 16.9. The summed E-state index contributed by atoms with van der Waals surface area (Å²) in [5.41, 5.74) is 2.42. The van der Waals surface area contributed by atoms with Gasteiger partial charge in [-0.15, -0.1) is 11.3 Å². The molecule has 1 amide bonds. The molecule has 0 radical (unpaired) electrons. The van der Waals surface area contributed by atoms with Crippen LogP contribution in [0.5, 0.6) is 0 Å². The van der Waals surface area contributed by atoms with Gasteiger partial charge >= 0.3 is 0 Å². The maximum Gasteiger partial charge on any atom is 0.261 e. The van der Waals surface area contributed by atoms with Gasteiger partial charge in [0, 0.05) is 18.8 Å². The molecular formula is C18H14N4OS. The molecule has 0 bridgehead atoms. The van der Waals surface area contributed by atoms with Crippen LogP contribution in [0.15, 0.2) is 59.6 Å². The smallest absolute Gasteiger partial charge is 0.261 e. The van der Waals surface area contributed by atoms with Crippen molar-refractivity contribution in [1.82, 2.24) is 15.1 Å². The zero-order valence-electron chi connectivity index (χ0n) is 12.9. The van der Waals surface area contributed by atoms with Crippen molar-refractivity contribution in [3.63, 3.8) is 0 Å². The Hall–Kier alpha value is -3.17. The molecule has 0 spiro atoms. The Balaban J connectivity index is 2.14. The second kappa shape index (κ2) is 6.94. The minimum atomic E-state index is -0.415. The summed E-state index contributed by atoms with van der Waals surface area (Å²) in [6.07, 6.45) is 3.39. The Morgan fingerprint density at radius 1 is 1.29 bits per heavy atom. The fourth-order valence-electron chi connectivity index (χ4n) is 2.25. The van der Waals surface area contributed by atoms with Crippen LogP contribution in [-0.4, -0.2) is 22.7 Å². The number of nitriles is 1. The number of benzene rings is 1. The molecule has 5 nitrogen and oxygen atoms in total. The minimum Gasteiger partial charge on any atom is -0.354 e. The zero-order valence-corrected chi connectivity index (χ0v) is 13.7. The molecule has 0 aliphatic heterocycles. The van der Waals surface area contributed by atoms with Gasteiger partial charge in [-0.25, -0.2) is 4.68 Å². The number of hydrogen-bond acceptors (Lipinski definition) is 4. The number of aromatic nitrogens is 2. The molecule has 0 atom stereocenters. The van der Waals surface area contributed by atoms with E-state index in [4.69, 9.17) is 0 Å². The number of rotatable bonds is 4. The summed E-state index contributed by atoms with van der Waals surface area (Å²) in [7, 11) is 1.50.